The second-order valence-electron chi connectivity index (χ2n) is 7.04. The minimum absolute atomic E-state index is 0.0851. The highest BCUT2D eigenvalue weighted by Gasteiger charge is 2.38. The first kappa shape index (κ1) is 22.4. The molecule has 0 aliphatic carbocycles. The van der Waals surface area contributed by atoms with E-state index in [-0.39, 0.29) is 23.0 Å². The molecule has 3 rings (SSSR count). The standard InChI is InChI=1S/C18H20ClF3N4O3S/c1-12-16(19)17(18(20,21)22)23-26(12)11-15(27)25-9-7-24(8-10-25)13-3-5-14(6-4-13)30(2,28)29/h3-6H,7-11H2,1-2H3. The molecule has 0 spiro atoms. The first-order valence-corrected chi connectivity index (χ1v) is 11.3. The topological polar surface area (TPSA) is 75.5 Å². The van der Waals surface area contributed by atoms with E-state index in [0.29, 0.717) is 26.2 Å². The van der Waals surface area contributed by atoms with Crippen LogP contribution in [-0.2, 0) is 27.4 Å². The average molecular weight is 465 g/mol. The maximum Gasteiger partial charge on any atom is 0.436 e. The monoisotopic (exact) mass is 464 g/mol. The van der Waals surface area contributed by atoms with Crippen molar-refractivity contribution < 1.29 is 26.4 Å². The number of carbonyl (C=O) groups is 1. The summed E-state index contributed by atoms with van der Waals surface area (Å²) < 4.78 is 62.9. The molecule has 1 aromatic heterocycles. The number of hydrogen-bond acceptors (Lipinski definition) is 5. The molecule has 0 radical (unpaired) electrons. The molecule has 12 heteroatoms. The summed E-state index contributed by atoms with van der Waals surface area (Å²) in [7, 11) is -3.27. The third-order valence-electron chi connectivity index (χ3n) is 4.95. The zero-order valence-corrected chi connectivity index (χ0v) is 17.9. The highest BCUT2D eigenvalue weighted by atomic mass is 35.5. The number of sulfone groups is 1. The van der Waals surface area contributed by atoms with Crippen LogP contribution in [0.2, 0.25) is 5.02 Å². The van der Waals surface area contributed by atoms with Crippen LogP contribution < -0.4 is 4.90 Å². The average Bonchev–Trinajstić information content (AvgIpc) is 2.96. The Kier molecular flexibility index (Phi) is 6.06. The first-order valence-electron chi connectivity index (χ1n) is 9.01. The summed E-state index contributed by atoms with van der Waals surface area (Å²) in [6.07, 6.45) is -3.55. The quantitative estimate of drug-likeness (QED) is 0.695. The highest BCUT2D eigenvalue weighted by molar-refractivity contribution is 7.90. The summed E-state index contributed by atoms with van der Waals surface area (Å²) in [6, 6.07) is 6.48. The summed E-state index contributed by atoms with van der Waals surface area (Å²) >= 11 is 5.72. The van der Waals surface area contributed by atoms with Crippen molar-refractivity contribution in [2.45, 2.75) is 24.5 Å². The van der Waals surface area contributed by atoms with Crippen molar-refractivity contribution in [2.24, 2.45) is 0 Å². The number of rotatable bonds is 4. The van der Waals surface area contributed by atoms with Crippen LogP contribution >= 0.6 is 11.6 Å². The van der Waals surface area contributed by atoms with Gasteiger partial charge in [-0.2, -0.15) is 18.3 Å². The lowest BCUT2D eigenvalue weighted by Gasteiger charge is -2.36. The van der Waals surface area contributed by atoms with Crippen LogP contribution in [-0.4, -0.2) is 61.4 Å². The van der Waals surface area contributed by atoms with Crippen molar-refractivity contribution in [1.82, 2.24) is 14.7 Å². The molecule has 1 amide bonds. The van der Waals surface area contributed by atoms with E-state index in [1.807, 2.05) is 4.90 Å². The van der Waals surface area contributed by atoms with Crippen LogP contribution in [0.4, 0.5) is 18.9 Å². The number of carbonyl (C=O) groups excluding carboxylic acids is 1. The van der Waals surface area contributed by atoms with Crippen molar-refractivity contribution >= 4 is 33.0 Å². The van der Waals surface area contributed by atoms with E-state index in [1.165, 1.54) is 19.1 Å². The fraction of sp³-hybridized carbons (Fsp3) is 0.444. The van der Waals surface area contributed by atoms with Crippen molar-refractivity contribution in [3.8, 4) is 0 Å². The second kappa shape index (κ2) is 8.10. The van der Waals surface area contributed by atoms with Gasteiger partial charge >= 0.3 is 6.18 Å². The molecule has 164 valence electrons. The van der Waals surface area contributed by atoms with Crippen molar-refractivity contribution in [1.29, 1.82) is 0 Å². The molecule has 1 aliphatic heterocycles. The first-order chi connectivity index (χ1) is 13.9. The zero-order valence-electron chi connectivity index (χ0n) is 16.3. The van der Waals surface area contributed by atoms with Gasteiger partial charge in [-0.1, -0.05) is 11.6 Å². The summed E-state index contributed by atoms with van der Waals surface area (Å²) in [5.41, 5.74) is -0.280. The number of halogens is 4. The minimum Gasteiger partial charge on any atom is -0.368 e. The van der Waals surface area contributed by atoms with Crippen LogP contribution in [0.5, 0.6) is 0 Å². The summed E-state index contributed by atoms with van der Waals surface area (Å²) in [6.45, 7) is 2.84. The Balaban J connectivity index is 1.62. The smallest absolute Gasteiger partial charge is 0.368 e. The maximum atomic E-state index is 12.9. The second-order valence-corrected chi connectivity index (χ2v) is 9.43. The van der Waals surface area contributed by atoms with Crippen molar-refractivity contribution in [2.75, 3.05) is 37.3 Å². The van der Waals surface area contributed by atoms with Gasteiger partial charge in [0.15, 0.2) is 15.5 Å². The van der Waals surface area contributed by atoms with Crippen molar-refractivity contribution in [3.63, 3.8) is 0 Å². The molecule has 0 atom stereocenters. The molecule has 7 nitrogen and oxygen atoms in total. The maximum absolute atomic E-state index is 12.9. The molecule has 1 fully saturated rings. The van der Waals surface area contributed by atoms with E-state index in [4.69, 9.17) is 11.6 Å². The number of piperazine rings is 1. The third kappa shape index (κ3) is 4.72. The molecule has 2 heterocycles. The Morgan fingerprint density at radius 1 is 1.13 bits per heavy atom. The van der Waals surface area contributed by atoms with Crippen LogP contribution in [0.3, 0.4) is 0 Å². The van der Waals surface area contributed by atoms with Crippen molar-refractivity contribution in [3.05, 3.63) is 40.7 Å². The molecule has 0 bridgehead atoms. The summed E-state index contributed by atoms with van der Waals surface area (Å²) in [4.78, 5) is 16.3. The molecule has 0 unspecified atom stereocenters. The molecule has 30 heavy (non-hydrogen) atoms. The number of amides is 1. The van der Waals surface area contributed by atoms with Gasteiger partial charge in [-0.15, -0.1) is 0 Å². The summed E-state index contributed by atoms with van der Waals surface area (Å²) in [5, 5.41) is 2.96. The predicted octanol–water partition coefficient (Wildman–Crippen LogP) is 2.62. The zero-order chi connectivity index (χ0) is 22.3. The fourth-order valence-electron chi connectivity index (χ4n) is 3.21. The number of aromatic nitrogens is 2. The lowest BCUT2D eigenvalue weighted by Crippen LogP contribution is -2.49. The van der Waals surface area contributed by atoms with E-state index in [1.54, 1.807) is 17.0 Å². The minimum atomic E-state index is -4.69. The van der Waals surface area contributed by atoms with Gasteiger partial charge in [-0.3, -0.25) is 9.48 Å². The molecular formula is C18H20ClF3N4O3S. The van der Waals surface area contributed by atoms with Crippen LogP contribution in [0, 0.1) is 6.92 Å². The Bertz CT molecular complexity index is 1040. The largest absolute Gasteiger partial charge is 0.436 e. The van der Waals surface area contributed by atoms with Crippen LogP contribution in [0.1, 0.15) is 11.4 Å². The van der Waals surface area contributed by atoms with Gasteiger partial charge < -0.3 is 9.80 Å². The van der Waals surface area contributed by atoms with E-state index >= 15 is 0 Å². The predicted molar refractivity (Wildman–Crippen MR) is 105 cm³/mol. The van der Waals surface area contributed by atoms with E-state index in [2.05, 4.69) is 5.10 Å². The summed E-state index contributed by atoms with van der Waals surface area (Å²) in [5.74, 6) is -0.349. The lowest BCUT2D eigenvalue weighted by molar-refractivity contribution is -0.142. The molecule has 1 aromatic carbocycles. The van der Waals surface area contributed by atoms with Gasteiger partial charge in [-0.25, -0.2) is 8.42 Å². The van der Waals surface area contributed by atoms with E-state index in [9.17, 15) is 26.4 Å². The molecule has 2 aromatic rings. The lowest BCUT2D eigenvalue weighted by atomic mass is 10.2. The molecular weight excluding hydrogens is 445 g/mol. The van der Waals surface area contributed by atoms with Gasteiger partial charge in [0.05, 0.1) is 15.6 Å². The fourth-order valence-corrected chi connectivity index (χ4v) is 4.08. The molecule has 1 saturated heterocycles. The number of nitrogens with zero attached hydrogens (tertiary/aromatic N) is 4. The Morgan fingerprint density at radius 2 is 1.70 bits per heavy atom. The van der Waals surface area contributed by atoms with E-state index < -0.39 is 26.7 Å². The molecule has 0 saturated carbocycles. The van der Waals surface area contributed by atoms with Gasteiger partial charge in [0.25, 0.3) is 0 Å². The number of anilines is 1. The van der Waals surface area contributed by atoms with Gasteiger partial charge in [0.1, 0.15) is 6.54 Å². The molecule has 1 aliphatic rings. The van der Waals surface area contributed by atoms with Crippen LogP contribution in [0.25, 0.3) is 0 Å². The highest BCUT2D eigenvalue weighted by Crippen LogP contribution is 2.35. The number of benzene rings is 1. The van der Waals surface area contributed by atoms with Crippen LogP contribution in [0.15, 0.2) is 29.2 Å². The third-order valence-corrected chi connectivity index (χ3v) is 6.53. The van der Waals surface area contributed by atoms with E-state index in [0.717, 1.165) is 16.6 Å². The van der Waals surface area contributed by atoms with Gasteiger partial charge in [-0.05, 0) is 31.2 Å². The Labute approximate surface area is 176 Å². The van der Waals surface area contributed by atoms with Gasteiger partial charge in [0, 0.05) is 38.1 Å². The SMILES string of the molecule is Cc1c(Cl)c(C(F)(F)F)nn1CC(=O)N1CCN(c2ccc(S(C)(=O)=O)cc2)CC1. The van der Waals surface area contributed by atoms with Gasteiger partial charge in [0.2, 0.25) is 5.91 Å². The Hall–Kier alpha value is -2.27. The molecule has 0 N–H and O–H groups in total. The number of alkyl halides is 3. The number of hydrogen-bond donors (Lipinski definition) is 0. The Morgan fingerprint density at radius 3 is 2.17 bits per heavy atom. The normalized spacial score (nSPS) is 15.5.